The fourth-order valence-corrected chi connectivity index (χ4v) is 2.64. The van der Waals surface area contributed by atoms with E-state index in [-0.39, 0.29) is 23.8 Å². The Labute approximate surface area is 142 Å². The van der Waals surface area contributed by atoms with E-state index in [0.717, 1.165) is 12.8 Å². The molecule has 130 valence electrons. The molecule has 0 aromatic heterocycles. The zero-order valence-corrected chi connectivity index (χ0v) is 14.4. The first kappa shape index (κ1) is 18.0. The van der Waals surface area contributed by atoms with Gasteiger partial charge < -0.3 is 15.0 Å². The lowest BCUT2D eigenvalue weighted by Gasteiger charge is -2.32. The Balaban J connectivity index is 1.93. The van der Waals surface area contributed by atoms with Crippen LogP contribution in [0.5, 0.6) is 5.75 Å². The molecule has 1 N–H and O–H groups in total. The molecule has 1 heterocycles. The van der Waals surface area contributed by atoms with Gasteiger partial charge in [0.25, 0.3) is 5.91 Å². The third kappa shape index (κ3) is 4.81. The van der Waals surface area contributed by atoms with E-state index in [1.54, 1.807) is 29.2 Å². The molecule has 0 saturated carbocycles. The van der Waals surface area contributed by atoms with E-state index in [9.17, 15) is 14.4 Å². The SMILES string of the molecule is CC(=O)Oc1cccc(C(=O)N2CCC(NC(=O)C(C)C)CC2)c1. The predicted molar refractivity (Wildman–Crippen MR) is 89.7 cm³/mol. The molecule has 0 spiro atoms. The summed E-state index contributed by atoms with van der Waals surface area (Å²) < 4.78 is 5.02. The molecule has 0 aliphatic carbocycles. The minimum atomic E-state index is -0.415. The maximum Gasteiger partial charge on any atom is 0.308 e. The van der Waals surface area contributed by atoms with Gasteiger partial charge in [0.15, 0.2) is 0 Å². The van der Waals surface area contributed by atoms with Gasteiger partial charge in [-0.2, -0.15) is 0 Å². The number of nitrogens with zero attached hydrogens (tertiary/aromatic N) is 1. The molecule has 1 aromatic carbocycles. The number of nitrogens with one attached hydrogen (secondary N) is 1. The van der Waals surface area contributed by atoms with E-state index >= 15 is 0 Å². The monoisotopic (exact) mass is 332 g/mol. The molecular weight excluding hydrogens is 308 g/mol. The quantitative estimate of drug-likeness (QED) is 0.676. The second-order valence-corrected chi connectivity index (χ2v) is 6.35. The van der Waals surface area contributed by atoms with Crippen LogP contribution in [0.3, 0.4) is 0 Å². The molecule has 1 saturated heterocycles. The van der Waals surface area contributed by atoms with Crippen LogP contribution in [0.1, 0.15) is 44.0 Å². The predicted octanol–water partition coefficient (Wildman–Crippen LogP) is 1.99. The zero-order chi connectivity index (χ0) is 17.7. The third-order valence-corrected chi connectivity index (χ3v) is 4.00. The Kier molecular flexibility index (Phi) is 5.95. The number of esters is 1. The number of benzene rings is 1. The molecule has 1 aliphatic heterocycles. The summed E-state index contributed by atoms with van der Waals surface area (Å²) >= 11 is 0. The number of carbonyl (C=O) groups is 3. The number of ether oxygens (including phenoxy) is 1. The zero-order valence-electron chi connectivity index (χ0n) is 14.4. The summed E-state index contributed by atoms with van der Waals surface area (Å²) in [6.45, 7) is 6.25. The lowest BCUT2D eigenvalue weighted by Crippen LogP contribution is -2.47. The molecule has 0 radical (unpaired) electrons. The van der Waals surface area contributed by atoms with Crippen LogP contribution < -0.4 is 10.1 Å². The number of hydrogen-bond donors (Lipinski definition) is 1. The fourth-order valence-electron chi connectivity index (χ4n) is 2.64. The average molecular weight is 332 g/mol. The molecule has 0 atom stereocenters. The standard InChI is InChI=1S/C18H24N2O4/c1-12(2)17(22)19-15-7-9-20(10-8-15)18(23)14-5-4-6-16(11-14)24-13(3)21/h4-6,11-12,15H,7-10H2,1-3H3,(H,19,22). The van der Waals surface area contributed by atoms with Gasteiger partial charge in [0, 0.05) is 37.5 Å². The Morgan fingerprint density at radius 2 is 1.88 bits per heavy atom. The molecule has 0 bridgehead atoms. The first-order valence-corrected chi connectivity index (χ1v) is 8.25. The molecule has 24 heavy (non-hydrogen) atoms. The highest BCUT2D eigenvalue weighted by Gasteiger charge is 2.25. The second kappa shape index (κ2) is 7.95. The van der Waals surface area contributed by atoms with Crippen LogP contribution in [0.2, 0.25) is 0 Å². The number of rotatable bonds is 4. The topological polar surface area (TPSA) is 75.7 Å². The van der Waals surface area contributed by atoms with Crippen molar-refractivity contribution < 1.29 is 19.1 Å². The fraction of sp³-hybridized carbons (Fsp3) is 0.500. The molecule has 6 heteroatoms. The van der Waals surface area contributed by atoms with Gasteiger partial charge in [-0.05, 0) is 31.0 Å². The van der Waals surface area contributed by atoms with Crippen molar-refractivity contribution in [1.29, 1.82) is 0 Å². The van der Waals surface area contributed by atoms with E-state index in [1.165, 1.54) is 6.92 Å². The number of amides is 2. The van der Waals surface area contributed by atoms with Crippen molar-refractivity contribution >= 4 is 17.8 Å². The van der Waals surface area contributed by atoms with Crippen LogP contribution in [-0.2, 0) is 9.59 Å². The normalized spacial score (nSPS) is 15.2. The molecule has 2 rings (SSSR count). The van der Waals surface area contributed by atoms with Crippen molar-refractivity contribution in [3.05, 3.63) is 29.8 Å². The first-order chi connectivity index (χ1) is 11.4. The molecule has 1 fully saturated rings. The highest BCUT2D eigenvalue weighted by molar-refractivity contribution is 5.94. The molecule has 6 nitrogen and oxygen atoms in total. The number of carbonyl (C=O) groups excluding carboxylic acids is 3. The van der Waals surface area contributed by atoms with Crippen molar-refractivity contribution in [2.24, 2.45) is 5.92 Å². The Morgan fingerprint density at radius 3 is 2.46 bits per heavy atom. The van der Waals surface area contributed by atoms with Crippen LogP contribution in [0.15, 0.2) is 24.3 Å². The van der Waals surface area contributed by atoms with E-state index < -0.39 is 5.97 Å². The first-order valence-electron chi connectivity index (χ1n) is 8.25. The highest BCUT2D eigenvalue weighted by atomic mass is 16.5. The van der Waals surface area contributed by atoms with Gasteiger partial charge in [-0.25, -0.2) is 0 Å². The van der Waals surface area contributed by atoms with E-state index in [2.05, 4.69) is 5.32 Å². The molecule has 1 aromatic rings. The van der Waals surface area contributed by atoms with Gasteiger partial charge in [0.1, 0.15) is 5.75 Å². The maximum absolute atomic E-state index is 12.6. The minimum Gasteiger partial charge on any atom is -0.427 e. The van der Waals surface area contributed by atoms with Crippen LogP contribution in [0.25, 0.3) is 0 Å². The molecule has 1 aliphatic rings. The summed E-state index contributed by atoms with van der Waals surface area (Å²) in [5.74, 6) is -0.117. The second-order valence-electron chi connectivity index (χ2n) is 6.35. The van der Waals surface area contributed by atoms with Gasteiger partial charge in [-0.3, -0.25) is 14.4 Å². The highest BCUT2D eigenvalue weighted by Crippen LogP contribution is 2.18. The van der Waals surface area contributed by atoms with E-state index in [0.29, 0.717) is 24.4 Å². The Bertz CT molecular complexity index is 619. The van der Waals surface area contributed by atoms with Crippen LogP contribution >= 0.6 is 0 Å². The van der Waals surface area contributed by atoms with E-state index in [1.807, 2.05) is 13.8 Å². The summed E-state index contributed by atoms with van der Waals surface area (Å²) in [5.41, 5.74) is 0.499. The van der Waals surface area contributed by atoms with Gasteiger partial charge in [0.05, 0.1) is 0 Å². The van der Waals surface area contributed by atoms with Gasteiger partial charge in [-0.1, -0.05) is 19.9 Å². The van der Waals surface area contributed by atoms with Crippen molar-refractivity contribution in [3.63, 3.8) is 0 Å². The molecule has 0 unspecified atom stereocenters. The van der Waals surface area contributed by atoms with Crippen LogP contribution in [0, 0.1) is 5.92 Å². The maximum atomic E-state index is 12.6. The number of likely N-dealkylation sites (tertiary alicyclic amines) is 1. The van der Waals surface area contributed by atoms with Gasteiger partial charge in [-0.15, -0.1) is 0 Å². The summed E-state index contributed by atoms with van der Waals surface area (Å²) in [6.07, 6.45) is 1.49. The Hall–Kier alpha value is -2.37. The van der Waals surface area contributed by atoms with Crippen LogP contribution in [-0.4, -0.2) is 41.8 Å². The smallest absolute Gasteiger partial charge is 0.308 e. The molecular formula is C18H24N2O4. The summed E-state index contributed by atoms with van der Waals surface area (Å²) in [6, 6.07) is 6.75. The lowest BCUT2D eigenvalue weighted by atomic mass is 10.0. The van der Waals surface area contributed by atoms with Crippen molar-refractivity contribution in [1.82, 2.24) is 10.2 Å². The minimum absolute atomic E-state index is 0.0336. The van der Waals surface area contributed by atoms with E-state index in [4.69, 9.17) is 4.74 Å². The summed E-state index contributed by atoms with van der Waals surface area (Å²) in [5, 5.41) is 3.01. The third-order valence-electron chi connectivity index (χ3n) is 4.00. The average Bonchev–Trinajstić information content (AvgIpc) is 2.54. The summed E-state index contributed by atoms with van der Waals surface area (Å²) in [4.78, 5) is 37.1. The van der Waals surface area contributed by atoms with Gasteiger partial charge >= 0.3 is 5.97 Å². The summed E-state index contributed by atoms with van der Waals surface area (Å²) in [7, 11) is 0. The Morgan fingerprint density at radius 1 is 1.21 bits per heavy atom. The van der Waals surface area contributed by atoms with Crippen molar-refractivity contribution in [2.75, 3.05) is 13.1 Å². The van der Waals surface area contributed by atoms with Crippen molar-refractivity contribution in [2.45, 2.75) is 39.7 Å². The largest absolute Gasteiger partial charge is 0.427 e. The lowest BCUT2D eigenvalue weighted by molar-refractivity contribution is -0.132. The number of hydrogen-bond acceptors (Lipinski definition) is 4. The van der Waals surface area contributed by atoms with Crippen molar-refractivity contribution in [3.8, 4) is 5.75 Å². The molecule has 2 amide bonds. The van der Waals surface area contributed by atoms with Gasteiger partial charge in [0.2, 0.25) is 5.91 Å². The number of piperidine rings is 1. The van der Waals surface area contributed by atoms with Crippen LogP contribution in [0.4, 0.5) is 0 Å².